The molecule has 2 N–H and O–H groups in total. The Morgan fingerprint density at radius 2 is 1.87 bits per heavy atom. The Balaban J connectivity index is 1.38. The number of nitrogens with zero attached hydrogens (tertiary/aromatic N) is 6. The number of hydrogen-bond donors (Lipinski definition) is 2. The van der Waals surface area contributed by atoms with Crippen LogP contribution >= 0.6 is 0 Å². The van der Waals surface area contributed by atoms with E-state index in [0.717, 1.165) is 46.3 Å². The van der Waals surface area contributed by atoms with Gasteiger partial charge in [-0.05, 0) is 54.3 Å². The van der Waals surface area contributed by atoms with E-state index in [1.165, 1.54) is 18.5 Å². The number of hydrogen-bond acceptors (Lipinski definition) is 7. The molecule has 1 aliphatic carbocycles. The van der Waals surface area contributed by atoms with Gasteiger partial charge in [0.2, 0.25) is 0 Å². The highest BCUT2D eigenvalue weighted by molar-refractivity contribution is 6.19. The van der Waals surface area contributed by atoms with Gasteiger partial charge in [0, 0.05) is 11.1 Å². The lowest BCUT2D eigenvalue weighted by Gasteiger charge is -2.31. The maximum Gasteiger partial charge on any atom is 0.148 e. The topological polar surface area (TPSA) is 104 Å². The van der Waals surface area contributed by atoms with Crippen molar-refractivity contribution in [3.05, 3.63) is 108 Å². The lowest BCUT2D eigenvalue weighted by molar-refractivity contribution is 0.610. The summed E-state index contributed by atoms with van der Waals surface area (Å²) in [5.74, 6) is 0.336. The van der Waals surface area contributed by atoms with Crippen molar-refractivity contribution in [1.82, 2.24) is 25.0 Å². The minimum Gasteiger partial charge on any atom is -0.378 e. The molecule has 10 heteroatoms. The van der Waals surface area contributed by atoms with Gasteiger partial charge in [0.1, 0.15) is 31.5 Å². The molecule has 1 saturated carbocycles. The van der Waals surface area contributed by atoms with Crippen LogP contribution in [0.1, 0.15) is 48.2 Å². The van der Waals surface area contributed by atoms with Crippen LogP contribution in [0.5, 0.6) is 0 Å². The second kappa shape index (κ2) is 10.2. The fourth-order valence-corrected chi connectivity index (χ4v) is 4.82. The first-order chi connectivity index (χ1) is 19.0. The highest BCUT2D eigenvalue weighted by Gasteiger charge is 2.34. The molecule has 8 nitrogen and oxygen atoms in total. The highest BCUT2D eigenvalue weighted by atomic mass is 19.1. The SMILES string of the molecule is BC(Nc1ccc2ncnc(NC(CC#N)c3ccccc3)c2c1)(c1ccc(F)cc1)c1cn(C2CC2)nn1. The van der Waals surface area contributed by atoms with Crippen molar-refractivity contribution >= 4 is 30.3 Å². The molecule has 0 spiro atoms. The zero-order valence-electron chi connectivity index (χ0n) is 21.4. The third kappa shape index (κ3) is 5.03. The molecular weight excluding hydrogens is 490 g/mol. The van der Waals surface area contributed by atoms with E-state index in [-0.39, 0.29) is 18.3 Å². The number of anilines is 2. The molecule has 192 valence electrons. The largest absolute Gasteiger partial charge is 0.378 e. The molecule has 2 unspecified atom stereocenters. The summed E-state index contributed by atoms with van der Waals surface area (Å²) in [6, 6.07) is 24.6. The minimum absolute atomic E-state index is 0.229. The smallest absolute Gasteiger partial charge is 0.148 e. The molecule has 2 aromatic heterocycles. The summed E-state index contributed by atoms with van der Waals surface area (Å²) in [4.78, 5) is 8.97. The van der Waals surface area contributed by atoms with Gasteiger partial charge in [-0.25, -0.2) is 19.0 Å². The second-order valence-corrected chi connectivity index (χ2v) is 10.00. The Labute approximate surface area is 226 Å². The van der Waals surface area contributed by atoms with E-state index in [9.17, 15) is 9.65 Å². The van der Waals surface area contributed by atoms with E-state index in [0.29, 0.717) is 11.9 Å². The van der Waals surface area contributed by atoms with Gasteiger partial charge >= 0.3 is 0 Å². The Hall–Kier alpha value is -4.78. The normalized spacial score (nSPS) is 15.3. The van der Waals surface area contributed by atoms with Crippen LogP contribution in [0.15, 0.2) is 85.3 Å². The van der Waals surface area contributed by atoms with Gasteiger partial charge in [-0.3, -0.25) is 0 Å². The van der Waals surface area contributed by atoms with Gasteiger partial charge in [-0.1, -0.05) is 47.7 Å². The van der Waals surface area contributed by atoms with Gasteiger partial charge in [0.15, 0.2) is 0 Å². The molecule has 0 bridgehead atoms. The van der Waals surface area contributed by atoms with Crippen molar-refractivity contribution in [2.24, 2.45) is 0 Å². The zero-order chi connectivity index (χ0) is 26.8. The summed E-state index contributed by atoms with van der Waals surface area (Å²) < 4.78 is 15.7. The average Bonchev–Trinajstić information content (AvgIpc) is 3.69. The third-order valence-electron chi connectivity index (χ3n) is 7.20. The fraction of sp³-hybridized carbons (Fsp3) is 0.207. The molecule has 0 radical (unpaired) electrons. The standard InChI is InChI=1S/C29H26BFN8/c30-29(20-6-8-21(31)9-7-20,27-17-39(38-37-27)23-11-12-23)36-22-10-13-26-24(16-22)28(34-18-33-26)35-25(14-15-32)19-4-2-1-3-5-19/h1-10,13,16-18,23,25,36H,11-12,14,30H2,(H,33,34,35). The molecule has 6 rings (SSSR count). The van der Waals surface area contributed by atoms with E-state index in [1.807, 2.05) is 67.3 Å². The van der Waals surface area contributed by atoms with Crippen molar-refractivity contribution in [3.8, 4) is 6.07 Å². The first-order valence-electron chi connectivity index (χ1n) is 12.9. The molecule has 0 amide bonds. The maximum absolute atomic E-state index is 13.8. The Bertz CT molecular complexity index is 1650. The van der Waals surface area contributed by atoms with Crippen LogP contribution in [0.2, 0.25) is 0 Å². The van der Waals surface area contributed by atoms with Crippen LogP contribution in [0.4, 0.5) is 15.9 Å². The Kier molecular flexibility index (Phi) is 6.41. The number of benzene rings is 3. The van der Waals surface area contributed by atoms with Crippen molar-refractivity contribution in [1.29, 1.82) is 5.26 Å². The van der Waals surface area contributed by atoms with Gasteiger partial charge in [0.05, 0.1) is 41.7 Å². The molecule has 3 aromatic carbocycles. The minimum atomic E-state index is -0.787. The predicted octanol–water partition coefficient (Wildman–Crippen LogP) is 4.71. The molecule has 0 saturated heterocycles. The monoisotopic (exact) mass is 516 g/mol. The van der Waals surface area contributed by atoms with Crippen LogP contribution < -0.4 is 10.6 Å². The Morgan fingerprint density at radius 3 is 2.62 bits per heavy atom. The van der Waals surface area contributed by atoms with E-state index in [1.54, 1.807) is 12.1 Å². The third-order valence-corrected chi connectivity index (χ3v) is 7.20. The number of rotatable bonds is 9. The van der Waals surface area contributed by atoms with Crippen LogP contribution in [0.3, 0.4) is 0 Å². The van der Waals surface area contributed by atoms with Crippen LogP contribution in [0.25, 0.3) is 10.9 Å². The molecular formula is C29H26BFN8. The molecule has 5 aromatic rings. The van der Waals surface area contributed by atoms with Crippen LogP contribution in [0, 0.1) is 17.1 Å². The van der Waals surface area contributed by atoms with Gasteiger partial charge in [0.25, 0.3) is 0 Å². The number of aromatic nitrogens is 5. The molecule has 2 heterocycles. The van der Waals surface area contributed by atoms with Crippen molar-refractivity contribution in [3.63, 3.8) is 0 Å². The molecule has 0 aliphatic heterocycles. The second-order valence-electron chi connectivity index (χ2n) is 10.00. The lowest BCUT2D eigenvalue weighted by atomic mass is 9.69. The molecule has 1 aliphatic rings. The van der Waals surface area contributed by atoms with E-state index in [2.05, 4.69) is 37.0 Å². The maximum atomic E-state index is 13.8. The number of halogens is 1. The van der Waals surface area contributed by atoms with Crippen LogP contribution in [-0.2, 0) is 5.44 Å². The van der Waals surface area contributed by atoms with Gasteiger partial charge in [-0.2, -0.15) is 5.26 Å². The van der Waals surface area contributed by atoms with Gasteiger partial charge in [-0.15, -0.1) is 5.10 Å². The summed E-state index contributed by atoms with van der Waals surface area (Å²) in [5.41, 5.74) is 3.39. The van der Waals surface area contributed by atoms with Crippen molar-refractivity contribution < 1.29 is 4.39 Å². The summed E-state index contributed by atoms with van der Waals surface area (Å²) in [6.45, 7) is 0. The van der Waals surface area contributed by atoms with E-state index < -0.39 is 5.44 Å². The summed E-state index contributed by atoms with van der Waals surface area (Å²) in [5, 5.41) is 26.2. The summed E-state index contributed by atoms with van der Waals surface area (Å²) in [7, 11) is 2.02. The van der Waals surface area contributed by atoms with Crippen molar-refractivity contribution in [2.45, 2.75) is 36.8 Å². The number of fused-ring (bicyclic) bond motifs is 1. The lowest BCUT2D eigenvalue weighted by Crippen LogP contribution is -2.37. The van der Waals surface area contributed by atoms with E-state index in [4.69, 9.17) is 0 Å². The van der Waals surface area contributed by atoms with Crippen LogP contribution in [-0.4, -0.2) is 32.8 Å². The predicted molar refractivity (Wildman–Crippen MR) is 150 cm³/mol. The fourth-order valence-electron chi connectivity index (χ4n) is 4.82. The summed E-state index contributed by atoms with van der Waals surface area (Å²) in [6.07, 6.45) is 5.97. The average molecular weight is 516 g/mol. The van der Waals surface area contributed by atoms with E-state index >= 15 is 0 Å². The van der Waals surface area contributed by atoms with Crippen molar-refractivity contribution in [2.75, 3.05) is 10.6 Å². The highest BCUT2D eigenvalue weighted by Crippen LogP contribution is 2.37. The number of nitrogens with one attached hydrogen (secondary N) is 2. The summed E-state index contributed by atoms with van der Waals surface area (Å²) >= 11 is 0. The first-order valence-corrected chi connectivity index (χ1v) is 12.9. The molecule has 1 fully saturated rings. The Morgan fingerprint density at radius 1 is 1.08 bits per heavy atom. The molecule has 39 heavy (non-hydrogen) atoms. The molecule has 2 atom stereocenters. The zero-order valence-corrected chi connectivity index (χ0v) is 21.4. The van der Waals surface area contributed by atoms with Gasteiger partial charge < -0.3 is 10.6 Å². The number of nitriles is 1. The quantitative estimate of drug-likeness (QED) is 0.274. The first kappa shape index (κ1) is 24.6.